The fraction of sp³-hybridized carbons (Fsp3) is 0.300. The van der Waals surface area contributed by atoms with Crippen LogP contribution >= 0.6 is 23.2 Å². The first-order chi connectivity index (χ1) is 8.33. The van der Waals surface area contributed by atoms with Gasteiger partial charge in [0.2, 0.25) is 0 Å². The van der Waals surface area contributed by atoms with Gasteiger partial charge in [0.25, 0.3) is 10.1 Å². The van der Waals surface area contributed by atoms with Crippen LogP contribution in [0.1, 0.15) is 17.3 Å². The first kappa shape index (κ1) is 15.2. The highest BCUT2D eigenvalue weighted by atomic mass is 35.5. The minimum atomic E-state index is -4.02. The summed E-state index contributed by atoms with van der Waals surface area (Å²) >= 11 is 11.6. The van der Waals surface area contributed by atoms with Crippen LogP contribution in [0.4, 0.5) is 0 Å². The van der Waals surface area contributed by atoms with Gasteiger partial charge in [0.05, 0.1) is 29.3 Å². The van der Waals surface area contributed by atoms with Crippen LogP contribution in [-0.2, 0) is 19.0 Å². The number of methoxy groups -OCH3 is 1. The third-order valence-electron chi connectivity index (χ3n) is 1.97. The van der Waals surface area contributed by atoms with Gasteiger partial charge < -0.3 is 4.74 Å². The van der Waals surface area contributed by atoms with E-state index in [1.165, 1.54) is 6.92 Å². The van der Waals surface area contributed by atoms with Gasteiger partial charge in [-0.1, -0.05) is 23.2 Å². The zero-order chi connectivity index (χ0) is 13.9. The molecule has 0 aliphatic rings. The molecule has 1 aromatic carbocycles. The summed E-state index contributed by atoms with van der Waals surface area (Å²) in [5, 5.41) is -0.122. The van der Waals surface area contributed by atoms with Crippen LogP contribution in [0.15, 0.2) is 17.0 Å². The normalized spacial score (nSPS) is 11.3. The number of ether oxygens (including phenoxy) is 1. The van der Waals surface area contributed by atoms with Crippen LogP contribution in [0, 0.1) is 0 Å². The second kappa shape index (κ2) is 5.88. The topological polar surface area (TPSA) is 69.7 Å². The van der Waals surface area contributed by atoms with E-state index in [9.17, 15) is 13.2 Å². The SMILES string of the molecule is CCOS(=O)(=O)c1cc(C(=O)OC)c(Cl)cc1Cl. The molecule has 5 nitrogen and oxygen atoms in total. The minimum Gasteiger partial charge on any atom is -0.465 e. The zero-order valence-corrected chi connectivity index (χ0v) is 11.9. The number of esters is 1. The molecule has 8 heteroatoms. The van der Waals surface area contributed by atoms with Gasteiger partial charge in [-0.15, -0.1) is 0 Å². The Labute approximate surface area is 115 Å². The van der Waals surface area contributed by atoms with Gasteiger partial charge in [-0.25, -0.2) is 4.79 Å². The summed E-state index contributed by atoms with van der Waals surface area (Å²) in [4.78, 5) is 11.1. The quantitative estimate of drug-likeness (QED) is 0.631. The Kier molecular flexibility index (Phi) is 4.98. The van der Waals surface area contributed by atoms with Crippen molar-refractivity contribution < 1.29 is 22.1 Å². The van der Waals surface area contributed by atoms with E-state index < -0.39 is 16.1 Å². The van der Waals surface area contributed by atoms with E-state index >= 15 is 0 Å². The standard InChI is InChI=1S/C10H10Cl2O5S/c1-3-17-18(14,15)9-4-6(10(13)16-2)7(11)5-8(9)12/h4-5H,3H2,1-2H3. The van der Waals surface area contributed by atoms with E-state index in [0.29, 0.717) is 0 Å². The van der Waals surface area contributed by atoms with Crippen LogP contribution in [0.2, 0.25) is 10.0 Å². The lowest BCUT2D eigenvalue weighted by molar-refractivity contribution is 0.0600. The van der Waals surface area contributed by atoms with Gasteiger partial charge in [0.1, 0.15) is 4.90 Å². The first-order valence-corrected chi connectivity index (χ1v) is 6.96. The second-order valence-corrected chi connectivity index (χ2v) is 5.51. The molecule has 0 radical (unpaired) electrons. The Morgan fingerprint density at radius 3 is 2.39 bits per heavy atom. The first-order valence-electron chi connectivity index (χ1n) is 4.80. The summed E-state index contributed by atoms with van der Waals surface area (Å²) in [5.41, 5.74) is -0.0955. The largest absolute Gasteiger partial charge is 0.465 e. The van der Waals surface area contributed by atoms with Crippen molar-refractivity contribution in [1.29, 1.82) is 0 Å². The molecule has 0 N–H and O–H groups in total. The van der Waals surface area contributed by atoms with Crippen LogP contribution in [0.25, 0.3) is 0 Å². The lowest BCUT2D eigenvalue weighted by Crippen LogP contribution is -2.10. The fourth-order valence-corrected chi connectivity index (χ4v) is 2.95. The third-order valence-corrected chi connectivity index (χ3v) is 4.13. The van der Waals surface area contributed by atoms with E-state index in [4.69, 9.17) is 23.2 Å². The molecule has 0 saturated heterocycles. The number of rotatable bonds is 4. The number of carbonyl (C=O) groups is 1. The van der Waals surface area contributed by atoms with Crippen molar-refractivity contribution in [1.82, 2.24) is 0 Å². The highest BCUT2D eigenvalue weighted by Crippen LogP contribution is 2.30. The van der Waals surface area contributed by atoms with Gasteiger partial charge in [0, 0.05) is 0 Å². The molecule has 1 aromatic rings. The van der Waals surface area contributed by atoms with Crippen LogP contribution in [0.3, 0.4) is 0 Å². The monoisotopic (exact) mass is 312 g/mol. The number of hydrogen-bond donors (Lipinski definition) is 0. The summed E-state index contributed by atoms with van der Waals surface area (Å²) in [7, 11) is -2.86. The molecule has 0 heterocycles. The summed E-state index contributed by atoms with van der Waals surface area (Å²) in [6.07, 6.45) is 0. The van der Waals surface area contributed by atoms with Gasteiger partial charge in [-0.2, -0.15) is 8.42 Å². The molecule has 0 aromatic heterocycles. The van der Waals surface area contributed by atoms with Crippen molar-refractivity contribution in [2.75, 3.05) is 13.7 Å². The average Bonchev–Trinajstić information content (AvgIpc) is 2.27. The maximum Gasteiger partial charge on any atom is 0.339 e. The molecule has 0 amide bonds. The highest BCUT2D eigenvalue weighted by Gasteiger charge is 2.23. The molecule has 0 bridgehead atoms. The molecule has 0 aliphatic carbocycles. The number of hydrogen-bond acceptors (Lipinski definition) is 5. The number of carbonyl (C=O) groups excluding carboxylic acids is 1. The number of halogens is 2. The lowest BCUT2D eigenvalue weighted by Gasteiger charge is -2.09. The van der Waals surface area contributed by atoms with Crippen molar-refractivity contribution in [3.63, 3.8) is 0 Å². The smallest absolute Gasteiger partial charge is 0.339 e. The Bertz CT molecular complexity index is 568. The van der Waals surface area contributed by atoms with Gasteiger partial charge in [-0.05, 0) is 19.1 Å². The van der Waals surface area contributed by atoms with E-state index in [0.717, 1.165) is 19.2 Å². The van der Waals surface area contributed by atoms with Gasteiger partial charge in [-0.3, -0.25) is 4.18 Å². The van der Waals surface area contributed by atoms with Crippen molar-refractivity contribution >= 4 is 39.3 Å². The molecule has 100 valence electrons. The lowest BCUT2D eigenvalue weighted by atomic mass is 10.2. The molecular weight excluding hydrogens is 303 g/mol. The Morgan fingerprint density at radius 2 is 1.89 bits per heavy atom. The fourth-order valence-electron chi connectivity index (χ4n) is 1.21. The summed E-state index contributed by atoms with van der Waals surface area (Å²) < 4.78 is 32.5. The highest BCUT2D eigenvalue weighted by molar-refractivity contribution is 7.86. The molecule has 0 fully saturated rings. The van der Waals surface area contributed by atoms with Crippen molar-refractivity contribution in [2.45, 2.75) is 11.8 Å². The third kappa shape index (κ3) is 3.14. The van der Waals surface area contributed by atoms with Crippen LogP contribution in [0.5, 0.6) is 0 Å². The van der Waals surface area contributed by atoms with Crippen LogP contribution < -0.4 is 0 Å². The van der Waals surface area contributed by atoms with Crippen molar-refractivity contribution in [2.24, 2.45) is 0 Å². The maximum atomic E-state index is 11.7. The van der Waals surface area contributed by atoms with Gasteiger partial charge in [0.15, 0.2) is 0 Å². The van der Waals surface area contributed by atoms with E-state index in [1.54, 1.807) is 0 Å². The van der Waals surface area contributed by atoms with Crippen molar-refractivity contribution in [3.05, 3.63) is 27.7 Å². The predicted molar refractivity (Wildman–Crippen MR) is 66.6 cm³/mol. The maximum absolute atomic E-state index is 11.7. The molecule has 1 rings (SSSR count). The molecule has 0 aliphatic heterocycles. The zero-order valence-electron chi connectivity index (χ0n) is 9.57. The molecule has 0 spiro atoms. The molecular formula is C10H10Cl2O5S. The summed E-state index contributed by atoms with van der Waals surface area (Å²) in [5.74, 6) is -0.760. The van der Waals surface area contributed by atoms with Gasteiger partial charge >= 0.3 is 5.97 Å². The average molecular weight is 313 g/mol. The number of benzene rings is 1. The molecule has 0 unspecified atom stereocenters. The Balaban J connectivity index is 3.43. The Hall–Kier alpha value is -0.820. The molecule has 0 saturated carbocycles. The minimum absolute atomic E-state index is 0.00213. The summed E-state index contributed by atoms with van der Waals surface area (Å²) in [6, 6.07) is 2.18. The van der Waals surface area contributed by atoms with Crippen molar-refractivity contribution in [3.8, 4) is 0 Å². The predicted octanol–water partition coefficient (Wildman–Crippen LogP) is 2.51. The second-order valence-electron chi connectivity index (χ2n) is 3.11. The molecule has 18 heavy (non-hydrogen) atoms. The van der Waals surface area contributed by atoms with Crippen LogP contribution in [-0.4, -0.2) is 28.1 Å². The molecule has 0 atom stereocenters. The van der Waals surface area contributed by atoms with E-state index in [-0.39, 0.29) is 27.1 Å². The Morgan fingerprint density at radius 1 is 1.28 bits per heavy atom. The summed E-state index contributed by atoms with van der Waals surface area (Å²) in [6.45, 7) is 1.47. The van der Waals surface area contributed by atoms with E-state index in [1.807, 2.05) is 0 Å². The van der Waals surface area contributed by atoms with E-state index in [2.05, 4.69) is 8.92 Å².